The summed E-state index contributed by atoms with van der Waals surface area (Å²) in [5.41, 5.74) is 0. The van der Waals surface area contributed by atoms with Gasteiger partial charge in [-0.2, -0.15) is 0 Å². The van der Waals surface area contributed by atoms with Gasteiger partial charge < -0.3 is 9.47 Å². The fraction of sp³-hybridized carbons (Fsp3) is 0.800. The van der Waals surface area contributed by atoms with Crippen molar-refractivity contribution in [2.24, 2.45) is 5.92 Å². The maximum Gasteiger partial charge on any atom is 0.412 e. The first-order valence-corrected chi connectivity index (χ1v) is 5.12. The molecule has 86 valence electrons. The van der Waals surface area contributed by atoms with Crippen LogP contribution in [0.2, 0.25) is 0 Å². The summed E-state index contributed by atoms with van der Waals surface area (Å²) in [6.07, 6.45) is -0.478. The summed E-state index contributed by atoms with van der Waals surface area (Å²) < 4.78 is 9.95. The van der Waals surface area contributed by atoms with E-state index in [1.165, 1.54) is 4.90 Å². The number of carbonyl (C=O) groups excluding carboxylic acids is 2. The minimum atomic E-state index is -0.482. The van der Waals surface area contributed by atoms with Gasteiger partial charge in [0.05, 0.1) is 13.2 Å². The van der Waals surface area contributed by atoms with Gasteiger partial charge in [0.1, 0.15) is 12.8 Å². The Bertz CT molecular complexity index is 252. The second-order valence-corrected chi connectivity index (χ2v) is 3.74. The van der Waals surface area contributed by atoms with Gasteiger partial charge in [0.15, 0.2) is 5.78 Å². The number of ether oxygens (including phenoxy) is 2. The molecule has 0 aliphatic carbocycles. The molecular weight excluding hydrogens is 198 g/mol. The summed E-state index contributed by atoms with van der Waals surface area (Å²) in [5, 5.41) is 0. The van der Waals surface area contributed by atoms with Gasteiger partial charge in [0.25, 0.3) is 0 Å². The number of hydrogen-bond donors (Lipinski definition) is 0. The maximum atomic E-state index is 11.7. The molecule has 1 heterocycles. The normalized spacial score (nSPS) is 20.8. The lowest BCUT2D eigenvalue weighted by Crippen LogP contribution is -2.43. The molecule has 5 nitrogen and oxygen atoms in total. The second kappa shape index (κ2) is 5.11. The molecule has 0 spiro atoms. The predicted octanol–water partition coefficient (Wildman–Crippen LogP) is 1.03. The van der Waals surface area contributed by atoms with Crippen molar-refractivity contribution in [1.82, 2.24) is 4.90 Å². The minimum absolute atomic E-state index is 0.0144. The lowest BCUT2D eigenvalue weighted by Gasteiger charge is -2.21. The fourth-order valence-electron chi connectivity index (χ4n) is 1.45. The van der Waals surface area contributed by atoms with Crippen LogP contribution in [0.25, 0.3) is 0 Å². The van der Waals surface area contributed by atoms with Crippen molar-refractivity contribution in [3.05, 3.63) is 0 Å². The molecule has 1 atom stereocenters. The molecule has 0 bridgehead atoms. The highest BCUT2D eigenvalue weighted by Crippen LogP contribution is 2.15. The first-order valence-electron chi connectivity index (χ1n) is 5.12. The number of ketones is 1. The number of carbonyl (C=O) groups is 2. The van der Waals surface area contributed by atoms with Gasteiger partial charge in [-0.05, 0) is 6.92 Å². The summed E-state index contributed by atoms with van der Waals surface area (Å²) in [6.45, 7) is 6.07. The van der Waals surface area contributed by atoms with E-state index < -0.39 is 12.1 Å². The smallest absolute Gasteiger partial charge is 0.412 e. The van der Waals surface area contributed by atoms with Crippen LogP contribution in [0.15, 0.2) is 0 Å². The molecule has 1 aliphatic heterocycles. The maximum absolute atomic E-state index is 11.7. The van der Waals surface area contributed by atoms with Crippen molar-refractivity contribution in [1.29, 1.82) is 0 Å². The first kappa shape index (κ1) is 12.0. The highest BCUT2D eigenvalue weighted by Gasteiger charge is 2.36. The Morgan fingerprint density at radius 3 is 2.73 bits per heavy atom. The summed E-state index contributed by atoms with van der Waals surface area (Å²) in [5.74, 6) is -0.0887. The van der Waals surface area contributed by atoms with E-state index in [2.05, 4.69) is 0 Å². The molecule has 0 N–H and O–H groups in total. The third-order valence-corrected chi connectivity index (χ3v) is 2.28. The van der Waals surface area contributed by atoms with Crippen LogP contribution in [-0.4, -0.2) is 42.8 Å². The van der Waals surface area contributed by atoms with Crippen molar-refractivity contribution in [2.45, 2.75) is 26.8 Å². The zero-order valence-corrected chi connectivity index (χ0v) is 9.36. The van der Waals surface area contributed by atoms with Crippen molar-refractivity contribution >= 4 is 11.9 Å². The molecule has 1 saturated heterocycles. The van der Waals surface area contributed by atoms with Crippen LogP contribution in [-0.2, 0) is 14.3 Å². The number of nitrogens with zero attached hydrogens (tertiary/aromatic N) is 1. The molecule has 0 aromatic heterocycles. The Hall–Kier alpha value is -1.10. The number of hydrogen-bond acceptors (Lipinski definition) is 4. The summed E-state index contributed by atoms with van der Waals surface area (Å²) in [6, 6.07) is -0.482. The quantitative estimate of drug-likeness (QED) is 0.705. The predicted molar refractivity (Wildman–Crippen MR) is 53.3 cm³/mol. The zero-order valence-electron chi connectivity index (χ0n) is 9.36. The van der Waals surface area contributed by atoms with E-state index in [4.69, 9.17) is 9.47 Å². The van der Waals surface area contributed by atoms with Crippen LogP contribution < -0.4 is 0 Å². The Labute approximate surface area is 89.3 Å². The summed E-state index contributed by atoms with van der Waals surface area (Å²) in [4.78, 5) is 24.5. The van der Waals surface area contributed by atoms with Gasteiger partial charge in [-0.1, -0.05) is 13.8 Å². The second-order valence-electron chi connectivity index (χ2n) is 3.74. The Morgan fingerprint density at radius 1 is 1.53 bits per heavy atom. The van der Waals surface area contributed by atoms with E-state index in [0.717, 1.165) is 0 Å². The monoisotopic (exact) mass is 215 g/mol. The van der Waals surface area contributed by atoms with E-state index in [-0.39, 0.29) is 25.0 Å². The van der Waals surface area contributed by atoms with Crippen molar-refractivity contribution in [3.63, 3.8) is 0 Å². The topological polar surface area (TPSA) is 55.8 Å². The highest BCUT2D eigenvalue weighted by molar-refractivity contribution is 5.89. The zero-order chi connectivity index (χ0) is 11.4. The number of rotatable bonds is 3. The molecule has 0 unspecified atom stereocenters. The average Bonchev–Trinajstić information content (AvgIpc) is 2.65. The Kier molecular flexibility index (Phi) is 4.08. The van der Waals surface area contributed by atoms with Gasteiger partial charge >= 0.3 is 6.09 Å². The van der Waals surface area contributed by atoms with Crippen molar-refractivity contribution < 1.29 is 19.1 Å². The highest BCUT2D eigenvalue weighted by atomic mass is 16.6. The van der Waals surface area contributed by atoms with Crippen LogP contribution in [0.1, 0.15) is 20.8 Å². The lowest BCUT2D eigenvalue weighted by atomic mass is 10.0. The molecule has 1 rings (SSSR count). The molecule has 0 aromatic rings. The lowest BCUT2D eigenvalue weighted by molar-refractivity contribution is -0.125. The van der Waals surface area contributed by atoms with E-state index in [1.54, 1.807) is 6.92 Å². The van der Waals surface area contributed by atoms with Gasteiger partial charge in [0, 0.05) is 5.92 Å². The Balaban J connectivity index is 2.64. The van der Waals surface area contributed by atoms with Crippen LogP contribution in [0.3, 0.4) is 0 Å². The molecule has 1 aliphatic rings. The SMILES string of the molecule is CCOC(=O)N1COC[C@H]1C(=O)C(C)C. The van der Waals surface area contributed by atoms with Gasteiger partial charge in [-0.15, -0.1) is 0 Å². The standard InChI is InChI=1S/C10H17NO4/c1-4-15-10(13)11-6-14-5-8(11)9(12)7(2)3/h7-8H,4-6H2,1-3H3/t8-/m0/s1. The fourth-order valence-corrected chi connectivity index (χ4v) is 1.45. The molecule has 0 saturated carbocycles. The van der Waals surface area contributed by atoms with Crippen LogP contribution in [0, 0.1) is 5.92 Å². The molecule has 15 heavy (non-hydrogen) atoms. The van der Waals surface area contributed by atoms with Crippen LogP contribution in [0.5, 0.6) is 0 Å². The van der Waals surface area contributed by atoms with Crippen molar-refractivity contribution in [3.8, 4) is 0 Å². The van der Waals surface area contributed by atoms with E-state index in [1.807, 2.05) is 13.8 Å². The third kappa shape index (κ3) is 2.68. The summed E-state index contributed by atoms with van der Waals surface area (Å²) >= 11 is 0. The Morgan fingerprint density at radius 2 is 2.20 bits per heavy atom. The van der Waals surface area contributed by atoms with Crippen molar-refractivity contribution in [2.75, 3.05) is 19.9 Å². The van der Waals surface area contributed by atoms with Gasteiger partial charge in [0.2, 0.25) is 0 Å². The molecular formula is C10H17NO4. The van der Waals surface area contributed by atoms with Gasteiger partial charge in [-0.25, -0.2) is 4.79 Å². The van der Waals surface area contributed by atoms with Crippen LogP contribution >= 0.6 is 0 Å². The van der Waals surface area contributed by atoms with Gasteiger partial charge in [-0.3, -0.25) is 9.69 Å². The minimum Gasteiger partial charge on any atom is -0.450 e. The first-order chi connectivity index (χ1) is 7.07. The van der Waals surface area contributed by atoms with E-state index >= 15 is 0 Å². The van der Waals surface area contributed by atoms with E-state index in [0.29, 0.717) is 6.61 Å². The molecule has 0 radical (unpaired) electrons. The molecule has 1 fully saturated rings. The van der Waals surface area contributed by atoms with Crippen LogP contribution in [0.4, 0.5) is 4.79 Å². The number of Topliss-reactive ketones (excluding diaryl/α,β-unsaturated/α-hetero) is 1. The van der Waals surface area contributed by atoms with E-state index in [9.17, 15) is 9.59 Å². The molecule has 5 heteroatoms. The molecule has 0 aromatic carbocycles. The third-order valence-electron chi connectivity index (χ3n) is 2.28. The summed E-state index contributed by atoms with van der Waals surface area (Å²) in [7, 11) is 0. The average molecular weight is 215 g/mol. The molecule has 1 amide bonds. The largest absolute Gasteiger partial charge is 0.450 e. The number of amides is 1.